The van der Waals surface area contributed by atoms with Crippen molar-refractivity contribution in [1.29, 1.82) is 5.26 Å². The van der Waals surface area contributed by atoms with E-state index in [2.05, 4.69) is 22.8 Å². The monoisotopic (exact) mass is 603 g/mol. The third kappa shape index (κ3) is 6.23. The molecule has 2 heterocycles. The molecule has 2 aliphatic heterocycles. The number of hydrogen-bond donors (Lipinski definition) is 2. The summed E-state index contributed by atoms with van der Waals surface area (Å²) in [6, 6.07) is 17.1. The molecule has 0 radical (unpaired) electrons. The molecule has 0 spiro atoms. The van der Waals surface area contributed by atoms with Crippen LogP contribution in [0.5, 0.6) is 0 Å². The van der Waals surface area contributed by atoms with Crippen molar-refractivity contribution in [2.24, 2.45) is 5.92 Å². The molecule has 0 bridgehead atoms. The molecule has 0 unspecified atom stereocenters. The van der Waals surface area contributed by atoms with Gasteiger partial charge in [-0.2, -0.15) is 5.26 Å². The van der Waals surface area contributed by atoms with Gasteiger partial charge in [-0.1, -0.05) is 36.4 Å². The first-order valence-electron chi connectivity index (χ1n) is 14.5. The second-order valence-electron chi connectivity index (χ2n) is 11.2. The number of halogens is 1. The van der Waals surface area contributed by atoms with Crippen LogP contribution in [-0.4, -0.2) is 56.1 Å². The molecular weight excluding hydrogens is 566 g/mol. The summed E-state index contributed by atoms with van der Waals surface area (Å²) >= 11 is 0. The van der Waals surface area contributed by atoms with E-state index in [0.717, 1.165) is 21.9 Å². The molecule has 3 atom stereocenters. The molecule has 3 aromatic carbocycles. The fourth-order valence-corrected chi connectivity index (χ4v) is 5.90. The van der Waals surface area contributed by atoms with Gasteiger partial charge in [0.25, 0.3) is 5.91 Å². The Labute approximate surface area is 258 Å². The van der Waals surface area contributed by atoms with Crippen LogP contribution in [0.25, 0.3) is 10.8 Å². The number of rotatable bonds is 6. The van der Waals surface area contributed by atoms with Gasteiger partial charge < -0.3 is 25.2 Å². The van der Waals surface area contributed by atoms with Crippen molar-refractivity contribution in [2.45, 2.75) is 58.3 Å². The third-order valence-electron chi connectivity index (χ3n) is 8.60. The minimum Gasteiger partial charge on any atom is -0.381 e. The van der Waals surface area contributed by atoms with Crippen molar-refractivity contribution in [3.05, 3.63) is 71.3 Å². The molecule has 3 amide bonds. The molecule has 43 heavy (non-hydrogen) atoms. The van der Waals surface area contributed by atoms with Gasteiger partial charge in [0.15, 0.2) is 0 Å². The third-order valence-corrected chi connectivity index (χ3v) is 8.60. The predicted molar refractivity (Wildman–Crippen MR) is 169 cm³/mol. The van der Waals surface area contributed by atoms with Crippen molar-refractivity contribution in [1.82, 2.24) is 10.6 Å². The number of nitriles is 1. The summed E-state index contributed by atoms with van der Waals surface area (Å²) in [6.45, 7) is 6.72. The minimum atomic E-state index is -1.02. The van der Waals surface area contributed by atoms with Crippen LogP contribution in [0.4, 0.5) is 11.4 Å². The van der Waals surface area contributed by atoms with Gasteiger partial charge in [-0.15, -0.1) is 12.4 Å². The molecule has 10 heteroatoms. The Morgan fingerprint density at radius 2 is 1.81 bits per heavy atom. The number of anilines is 2. The van der Waals surface area contributed by atoms with E-state index in [-0.39, 0.29) is 42.6 Å². The number of ether oxygens (including phenoxy) is 1. The number of fused-ring (bicyclic) bond motifs is 2. The number of likely N-dealkylation sites (N-methyl/N-ethyl adjacent to an activating group) is 1. The van der Waals surface area contributed by atoms with E-state index in [1.165, 1.54) is 0 Å². The van der Waals surface area contributed by atoms with Gasteiger partial charge in [-0.3, -0.25) is 14.4 Å². The lowest BCUT2D eigenvalue weighted by Gasteiger charge is -2.35. The first-order valence-corrected chi connectivity index (χ1v) is 14.5. The number of aryl methyl sites for hydroxylation is 1. The zero-order valence-electron chi connectivity index (χ0n) is 24.9. The summed E-state index contributed by atoms with van der Waals surface area (Å²) in [7, 11) is 1.68. The van der Waals surface area contributed by atoms with E-state index in [0.29, 0.717) is 43.0 Å². The summed E-state index contributed by atoms with van der Waals surface area (Å²) in [6.07, 6.45) is 1.13. The SMILES string of the molecule is CN[C@@H](C)C(=O)N[C@@H]1C(=O)N(Cc2c(C)ccc3ccccc23)c2ccc(C#N)cc2N(C(=O)C2CCOCC2)[C@H]1C.Cl. The lowest BCUT2D eigenvalue weighted by Crippen LogP contribution is -2.60. The van der Waals surface area contributed by atoms with E-state index in [9.17, 15) is 19.6 Å². The normalized spacial score (nSPS) is 19.6. The lowest BCUT2D eigenvalue weighted by atomic mass is 9.96. The minimum absolute atomic E-state index is 0. The smallest absolute Gasteiger partial charge is 0.252 e. The highest BCUT2D eigenvalue weighted by molar-refractivity contribution is 6.09. The van der Waals surface area contributed by atoms with Gasteiger partial charge in [-0.05, 0) is 80.8 Å². The molecular formula is C33H38ClN5O4. The van der Waals surface area contributed by atoms with Crippen LogP contribution in [0.15, 0.2) is 54.6 Å². The van der Waals surface area contributed by atoms with Crippen molar-refractivity contribution in [3.63, 3.8) is 0 Å². The number of hydrogen-bond acceptors (Lipinski definition) is 6. The molecule has 0 saturated carbocycles. The maximum atomic E-state index is 14.6. The highest BCUT2D eigenvalue weighted by Crippen LogP contribution is 2.39. The summed E-state index contributed by atoms with van der Waals surface area (Å²) < 4.78 is 5.51. The molecule has 3 aromatic rings. The number of carbonyl (C=O) groups is 3. The molecule has 0 aromatic heterocycles. The van der Waals surface area contributed by atoms with Gasteiger partial charge in [0, 0.05) is 19.1 Å². The lowest BCUT2D eigenvalue weighted by molar-refractivity contribution is -0.130. The predicted octanol–water partition coefficient (Wildman–Crippen LogP) is 4.23. The first kappa shape index (κ1) is 32.0. The first-order chi connectivity index (χ1) is 20.2. The fraction of sp³-hybridized carbons (Fsp3) is 0.394. The van der Waals surface area contributed by atoms with E-state index in [1.54, 1.807) is 48.9 Å². The van der Waals surface area contributed by atoms with Crippen LogP contribution in [-0.2, 0) is 25.7 Å². The fourth-order valence-electron chi connectivity index (χ4n) is 5.90. The summed E-state index contributed by atoms with van der Waals surface area (Å²) in [5.74, 6) is -1.10. The quantitative estimate of drug-likeness (QED) is 0.436. The molecule has 2 N–H and O–H groups in total. The van der Waals surface area contributed by atoms with Crippen LogP contribution >= 0.6 is 12.4 Å². The Morgan fingerprint density at radius 1 is 1.09 bits per heavy atom. The molecule has 226 valence electrons. The van der Waals surface area contributed by atoms with Crippen molar-refractivity contribution in [2.75, 3.05) is 30.1 Å². The van der Waals surface area contributed by atoms with Gasteiger partial charge in [0.05, 0.1) is 41.6 Å². The average Bonchev–Trinajstić information content (AvgIpc) is 3.10. The number of benzene rings is 3. The Hall–Kier alpha value is -3.97. The van der Waals surface area contributed by atoms with Crippen molar-refractivity contribution < 1.29 is 19.1 Å². The number of amides is 3. The average molecular weight is 604 g/mol. The highest BCUT2D eigenvalue weighted by Gasteiger charge is 2.44. The van der Waals surface area contributed by atoms with Crippen LogP contribution in [0.2, 0.25) is 0 Å². The van der Waals surface area contributed by atoms with E-state index in [1.807, 2.05) is 37.3 Å². The molecule has 2 aliphatic rings. The summed E-state index contributed by atoms with van der Waals surface area (Å²) in [4.78, 5) is 45.3. The Kier molecular flexibility index (Phi) is 10.1. The molecule has 5 rings (SSSR count). The van der Waals surface area contributed by atoms with Crippen LogP contribution in [0.1, 0.15) is 43.4 Å². The van der Waals surface area contributed by atoms with Crippen LogP contribution < -0.4 is 20.4 Å². The highest BCUT2D eigenvalue weighted by atomic mass is 35.5. The molecule has 9 nitrogen and oxygen atoms in total. The van der Waals surface area contributed by atoms with Crippen molar-refractivity contribution in [3.8, 4) is 6.07 Å². The Bertz CT molecular complexity index is 1560. The van der Waals surface area contributed by atoms with Gasteiger partial charge >= 0.3 is 0 Å². The Balaban J connectivity index is 0.00000423. The maximum absolute atomic E-state index is 14.6. The van der Waals surface area contributed by atoms with E-state index >= 15 is 0 Å². The van der Waals surface area contributed by atoms with E-state index < -0.39 is 18.1 Å². The summed E-state index contributed by atoms with van der Waals surface area (Å²) in [5.41, 5.74) is 3.39. The molecule has 1 saturated heterocycles. The standard InChI is InChI=1S/C33H37N5O4.ClH/c1-20-9-11-24-7-5-6-8-26(24)27(20)19-37-28-12-10-23(18-34)17-29(28)38(32(40)25-13-15-42-16-14-25)22(3)30(33(37)41)36-31(39)21(2)35-4;/h5-12,17,21-22,25,30,35H,13-16,19H2,1-4H3,(H,36,39);1H/t21-,22-,30-;/m0./s1. The topological polar surface area (TPSA) is 115 Å². The summed E-state index contributed by atoms with van der Waals surface area (Å²) in [5, 5.41) is 17.8. The molecule has 0 aliphatic carbocycles. The van der Waals surface area contributed by atoms with Gasteiger partial charge in [0.2, 0.25) is 11.8 Å². The van der Waals surface area contributed by atoms with Crippen molar-refractivity contribution >= 4 is 52.3 Å². The number of carbonyl (C=O) groups excluding carboxylic acids is 3. The Morgan fingerprint density at radius 3 is 2.51 bits per heavy atom. The van der Waals surface area contributed by atoms with E-state index in [4.69, 9.17) is 4.74 Å². The van der Waals surface area contributed by atoms with Crippen LogP contribution in [0, 0.1) is 24.2 Å². The van der Waals surface area contributed by atoms with Gasteiger partial charge in [0.1, 0.15) is 6.04 Å². The zero-order valence-corrected chi connectivity index (χ0v) is 25.7. The number of nitrogens with one attached hydrogen (secondary N) is 2. The van der Waals surface area contributed by atoms with Crippen LogP contribution in [0.3, 0.4) is 0 Å². The molecule has 1 fully saturated rings. The number of nitrogens with zero attached hydrogens (tertiary/aromatic N) is 3. The second kappa shape index (κ2) is 13.6. The largest absolute Gasteiger partial charge is 0.381 e. The maximum Gasteiger partial charge on any atom is 0.252 e. The van der Waals surface area contributed by atoms with Gasteiger partial charge in [-0.25, -0.2) is 0 Å². The second-order valence-corrected chi connectivity index (χ2v) is 11.2. The zero-order chi connectivity index (χ0) is 30.0.